The van der Waals surface area contributed by atoms with Crippen LogP contribution in [0.2, 0.25) is 0 Å². The number of hydrogen-bond acceptors (Lipinski definition) is 4. The lowest BCUT2D eigenvalue weighted by atomic mass is 10.3. The van der Waals surface area contributed by atoms with Crippen LogP contribution in [0.4, 0.5) is 5.69 Å². The van der Waals surface area contributed by atoms with Crippen molar-refractivity contribution in [1.82, 2.24) is 0 Å². The maximum absolute atomic E-state index is 11.2. The second kappa shape index (κ2) is 3.90. The molecule has 0 aromatic heterocycles. The molecular formula is C10H11NO2S2. The van der Waals surface area contributed by atoms with Gasteiger partial charge in [-0.3, -0.25) is 0 Å². The molecular weight excluding hydrogens is 230 g/mol. The van der Waals surface area contributed by atoms with Crippen LogP contribution in [-0.4, -0.2) is 20.6 Å². The van der Waals surface area contributed by atoms with Gasteiger partial charge in [0.05, 0.1) is 10.8 Å². The average molecular weight is 241 g/mol. The Labute approximate surface area is 93.7 Å². The minimum Gasteiger partial charge on any atom is -0.337 e. The molecule has 0 aliphatic carbocycles. The molecule has 15 heavy (non-hydrogen) atoms. The van der Waals surface area contributed by atoms with Crippen LogP contribution in [0.15, 0.2) is 40.8 Å². The summed E-state index contributed by atoms with van der Waals surface area (Å²) in [6, 6.07) is 6.93. The highest BCUT2D eigenvalue weighted by Crippen LogP contribution is 2.24. The fraction of sp³-hybridized carbons (Fsp3) is 0.200. The van der Waals surface area contributed by atoms with Crippen molar-refractivity contribution in [3.05, 3.63) is 35.9 Å². The molecule has 0 unspecified atom stereocenters. The van der Waals surface area contributed by atoms with Crippen LogP contribution in [0.25, 0.3) is 0 Å². The van der Waals surface area contributed by atoms with Gasteiger partial charge in [-0.05, 0) is 29.7 Å². The number of nitrogens with zero attached hydrogens (tertiary/aromatic N) is 1. The van der Waals surface area contributed by atoms with Crippen molar-refractivity contribution in [3.63, 3.8) is 0 Å². The zero-order chi connectivity index (χ0) is 10.9. The Balaban J connectivity index is 2.28. The van der Waals surface area contributed by atoms with Crippen LogP contribution in [0.1, 0.15) is 0 Å². The second-order valence-corrected chi connectivity index (χ2v) is 6.20. The maximum Gasteiger partial charge on any atom is 0.175 e. The third-order valence-electron chi connectivity index (χ3n) is 2.15. The molecule has 3 nitrogen and oxygen atoms in total. The Morgan fingerprint density at radius 2 is 1.93 bits per heavy atom. The standard InChI is InChI=1S/C10H11NO2S2/c1-15(12,13)10-4-2-9(3-5-10)11-6-7-14-8-11/h2-7H,8H2,1H3. The van der Waals surface area contributed by atoms with Gasteiger partial charge in [-0.1, -0.05) is 0 Å². The number of rotatable bonds is 2. The van der Waals surface area contributed by atoms with Gasteiger partial charge in [0.2, 0.25) is 0 Å². The largest absolute Gasteiger partial charge is 0.337 e. The Hall–Kier alpha value is -0.940. The molecule has 1 aromatic rings. The highest BCUT2D eigenvalue weighted by Gasteiger charge is 2.10. The summed E-state index contributed by atoms with van der Waals surface area (Å²) < 4.78 is 22.5. The molecule has 1 aliphatic heterocycles. The Bertz CT molecular complexity index is 477. The van der Waals surface area contributed by atoms with E-state index in [0.717, 1.165) is 11.6 Å². The quantitative estimate of drug-likeness (QED) is 0.794. The first-order valence-electron chi connectivity index (χ1n) is 4.42. The third-order valence-corrected chi connectivity index (χ3v) is 4.02. The molecule has 5 heteroatoms. The molecule has 1 aliphatic rings. The average Bonchev–Trinajstić information content (AvgIpc) is 2.69. The van der Waals surface area contributed by atoms with Gasteiger partial charge in [-0.25, -0.2) is 8.42 Å². The van der Waals surface area contributed by atoms with Crippen molar-refractivity contribution in [3.8, 4) is 0 Å². The Kier molecular flexibility index (Phi) is 2.75. The van der Waals surface area contributed by atoms with Crippen LogP contribution >= 0.6 is 11.8 Å². The number of benzene rings is 1. The SMILES string of the molecule is CS(=O)(=O)c1ccc(N2C=CSC2)cc1. The summed E-state index contributed by atoms with van der Waals surface area (Å²) in [6.45, 7) is 0. The summed E-state index contributed by atoms with van der Waals surface area (Å²) in [5.74, 6) is 0.887. The molecule has 1 heterocycles. The number of anilines is 1. The van der Waals surface area contributed by atoms with Gasteiger partial charge < -0.3 is 4.90 Å². The van der Waals surface area contributed by atoms with E-state index in [1.807, 2.05) is 23.7 Å². The zero-order valence-corrected chi connectivity index (χ0v) is 9.88. The minimum absolute atomic E-state index is 0.363. The monoisotopic (exact) mass is 241 g/mol. The number of hydrogen-bond donors (Lipinski definition) is 0. The minimum atomic E-state index is -3.08. The molecule has 0 amide bonds. The smallest absolute Gasteiger partial charge is 0.175 e. The lowest BCUT2D eigenvalue weighted by Gasteiger charge is -2.14. The molecule has 80 valence electrons. The summed E-state index contributed by atoms with van der Waals surface area (Å²) in [6.07, 6.45) is 3.20. The van der Waals surface area contributed by atoms with Gasteiger partial charge in [0.1, 0.15) is 0 Å². The predicted molar refractivity (Wildman–Crippen MR) is 63.6 cm³/mol. The van der Waals surface area contributed by atoms with Gasteiger partial charge in [0, 0.05) is 18.1 Å². The first kappa shape index (κ1) is 10.6. The van der Waals surface area contributed by atoms with E-state index in [1.54, 1.807) is 23.9 Å². The van der Waals surface area contributed by atoms with E-state index < -0.39 is 9.84 Å². The normalized spacial score (nSPS) is 15.9. The van der Waals surface area contributed by atoms with Crippen molar-refractivity contribution in [2.24, 2.45) is 0 Å². The van der Waals surface area contributed by atoms with Crippen LogP contribution in [0, 0.1) is 0 Å². The molecule has 0 spiro atoms. The van der Waals surface area contributed by atoms with Crippen LogP contribution in [0.3, 0.4) is 0 Å². The fourth-order valence-corrected chi connectivity index (χ4v) is 2.67. The van der Waals surface area contributed by atoms with E-state index in [2.05, 4.69) is 4.90 Å². The van der Waals surface area contributed by atoms with E-state index in [-0.39, 0.29) is 0 Å². The highest BCUT2D eigenvalue weighted by atomic mass is 32.2. The summed E-state index contributed by atoms with van der Waals surface area (Å²) in [5, 5.41) is 2.02. The van der Waals surface area contributed by atoms with Crippen LogP contribution < -0.4 is 4.90 Å². The van der Waals surface area contributed by atoms with Gasteiger partial charge in [0.25, 0.3) is 0 Å². The van der Waals surface area contributed by atoms with E-state index in [1.165, 1.54) is 6.26 Å². The molecule has 0 saturated carbocycles. The lowest BCUT2D eigenvalue weighted by molar-refractivity contribution is 0.602. The van der Waals surface area contributed by atoms with Crippen molar-refractivity contribution in [1.29, 1.82) is 0 Å². The molecule has 0 fully saturated rings. The van der Waals surface area contributed by atoms with Crippen molar-refractivity contribution in [2.45, 2.75) is 4.90 Å². The molecule has 2 rings (SSSR count). The van der Waals surface area contributed by atoms with Crippen molar-refractivity contribution in [2.75, 3.05) is 17.0 Å². The fourth-order valence-electron chi connectivity index (χ4n) is 1.33. The van der Waals surface area contributed by atoms with Crippen LogP contribution in [-0.2, 0) is 9.84 Å². The van der Waals surface area contributed by atoms with E-state index >= 15 is 0 Å². The van der Waals surface area contributed by atoms with Crippen molar-refractivity contribution >= 4 is 27.3 Å². The van der Waals surface area contributed by atoms with Crippen molar-refractivity contribution < 1.29 is 8.42 Å². The van der Waals surface area contributed by atoms with Gasteiger partial charge >= 0.3 is 0 Å². The Morgan fingerprint density at radius 3 is 2.40 bits per heavy atom. The van der Waals surface area contributed by atoms with Crippen LogP contribution in [0.5, 0.6) is 0 Å². The zero-order valence-electron chi connectivity index (χ0n) is 8.25. The van der Waals surface area contributed by atoms with E-state index in [4.69, 9.17) is 0 Å². The predicted octanol–water partition coefficient (Wildman–Crippen LogP) is 2.07. The highest BCUT2D eigenvalue weighted by molar-refractivity contribution is 8.02. The summed E-state index contributed by atoms with van der Waals surface area (Å²) >= 11 is 1.71. The maximum atomic E-state index is 11.2. The molecule has 1 aromatic carbocycles. The molecule has 0 radical (unpaired) electrons. The second-order valence-electron chi connectivity index (χ2n) is 3.32. The molecule has 0 bridgehead atoms. The van der Waals surface area contributed by atoms with Gasteiger partial charge in [0.15, 0.2) is 9.84 Å². The first-order chi connectivity index (χ1) is 7.07. The first-order valence-corrected chi connectivity index (χ1v) is 7.36. The third kappa shape index (κ3) is 2.35. The van der Waals surface area contributed by atoms with Gasteiger partial charge in [-0.2, -0.15) is 0 Å². The Morgan fingerprint density at radius 1 is 1.27 bits per heavy atom. The molecule has 0 N–H and O–H groups in total. The number of sulfone groups is 1. The molecule has 0 saturated heterocycles. The van der Waals surface area contributed by atoms with E-state index in [9.17, 15) is 8.42 Å². The van der Waals surface area contributed by atoms with E-state index in [0.29, 0.717) is 4.90 Å². The molecule has 0 atom stereocenters. The summed E-state index contributed by atoms with van der Waals surface area (Å²) in [7, 11) is -3.08. The topological polar surface area (TPSA) is 37.4 Å². The summed E-state index contributed by atoms with van der Waals surface area (Å²) in [5.41, 5.74) is 1.02. The van der Waals surface area contributed by atoms with Gasteiger partial charge in [-0.15, -0.1) is 11.8 Å². The lowest BCUT2D eigenvalue weighted by Crippen LogP contribution is -2.10. The summed E-state index contributed by atoms with van der Waals surface area (Å²) in [4.78, 5) is 2.43. The number of thioether (sulfide) groups is 1.